The van der Waals surface area contributed by atoms with Gasteiger partial charge in [0.05, 0.1) is 10.8 Å². The van der Waals surface area contributed by atoms with Gasteiger partial charge in [-0.1, -0.05) is 47.7 Å². The number of carbonyl (C=O) groups is 1. The van der Waals surface area contributed by atoms with Gasteiger partial charge in [-0.25, -0.2) is 0 Å². The highest BCUT2D eigenvalue weighted by molar-refractivity contribution is 5.78. The van der Waals surface area contributed by atoms with Gasteiger partial charge in [0.25, 0.3) is 5.56 Å². The van der Waals surface area contributed by atoms with Gasteiger partial charge in [-0.15, -0.1) is 5.10 Å². The standard InChI is InChI=1S/C25H25N3O3/c29-22-20-8-4-5-9-21(20)26-27-28(22)16-31-23(30)25-13-17-10-18(14-25)12-24(11-17,15-25)19-6-2-1-3-7-19/h1-9,17-18H,10-16H2/t17-,18+,24?,25?. The average Bonchev–Trinajstić information content (AvgIpc) is 2.78. The van der Waals surface area contributed by atoms with E-state index in [0.29, 0.717) is 22.7 Å². The van der Waals surface area contributed by atoms with Crippen molar-refractivity contribution in [2.24, 2.45) is 17.3 Å². The summed E-state index contributed by atoms with van der Waals surface area (Å²) in [5.41, 5.74) is 1.24. The molecule has 6 nitrogen and oxygen atoms in total. The van der Waals surface area contributed by atoms with E-state index < -0.39 is 5.41 Å². The zero-order valence-electron chi connectivity index (χ0n) is 17.4. The first-order chi connectivity index (χ1) is 15.1. The molecule has 4 atom stereocenters. The summed E-state index contributed by atoms with van der Waals surface area (Å²) >= 11 is 0. The van der Waals surface area contributed by atoms with Crippen molar-refractivity contribution < 1.29 is 9.53 Å². The molecule has 4 aliphatic carbocycles. The minimum atomic E-state index is -0.451. The largest absolute Gasteiger partial charge is 0.442 e. The lowest BCUT2D eigenvalue weighted by molar-refractivity contribution is -0.178. The van der Waals surface area contributed by atoms with E-state index in [4.69, 9.17) is 4.74 Å². The average molecular weight is 415 g/mol. The van der Waals surface area contributed by atoms with Crippen LogP contribution in [0.2, 0.25) is 0 Å². The number of hydrogen-bond acceptors (Lipinski definition) is 5. The summed E-state index contributed by atoms with van der Waals surface area (Å²) < 4.78 is 6.89. The molecule has 4 aliphatic rings. The van der Waals surface area contributed by atoms with Crippen LogP contribution in [0.5, 0.6) is 0 Å². The van der Waals surface area contributed by atoms with Crippen molar-refractivity contribution >= 4 is 16.9 Å². The topological polar surface area (TPSA) is 74.1 Å². The van der Waals surface area contributed by atoms with Crippen molar-refractivity contribution in [1.82, 2.24) is 15.0 Å². The van der Waals surface area contributed by atoms with Crippen LogP contribution in [0.4, 0.5) is 0 Å². The Hall–Kier alpha value is -3.02. The van der Waals surface area contributed by atoms with Gasteiger partial charge in [0.15, 0.2) is 6.73 Å². The number of carbonyl (C=O) groups excluding carboxylic acids is 1. The summed E-state index contributed by atoms with van der Waals surface area (Å²) in [5, 5.41) is 8.53. The summed E-state index contributed by atoms with van der Waals surface area (Å²) in [6, 6.07) is 17.8. The highest BCUT2D eigenvalue weighted by Gasteiger charge is 2.61. The molecule has 0 aliphatic heterocycles. The first kappa shape index (κ1) is 18.7. The van der Waals surface area contributed by atoms with Crippen molar-refractivity contribution in [1.29, 1.82) is 0 Å². The molecule has 1 heterocycles. The van der Waals surface area contributed by atoms with Gasteiger partial charge < -0.3 is 4.74 Å². The molecule has 2 unspecified atom stereocenters. The lowest BCUT2D eigenvalue weighted by atomic mass is 9.43. The fraction of sp³-hybridized carbons (Fsp3) is 0.440. The van der Waals surface area contributed by atoms with Gasteiger partial charge >= 0.3 is 5.97 Å². The monoisotopic (exact) mass is 415 g/mol. The van der Waals surface area contributed by atoms with E-state index in [1.54, 1.807) is 18.2 Å². The summed E-state index contributed by atoms with van der Waals surface area (Å²) in [6.07, 6.45) is 6.19. The SMILES string of the molecule is O=C(OCn1nnc2ccccc2c1=O)C12C[C@H]3C[C@@H](C1)CC(c1ccccc1)(C3)C2. The van der Waals surface area contributed by atoms with E-state index in [9.17, 15) is 9.59 Å². The van der Waals surface area contributed by atoms with Crippen LogP contribution < -0.4 is 5.56 Å². The van der Waals surface area contributed by atoms with E-state index in [2.05, 4.69) is 40.6 Å². The van der Waals surface area contributed by atoms with Crippen molar-refractivity contribution in [2.45, 2.75) is 50.7 Å². The molecule has 158 valence electrons. The zero-order chi connectivity index (χ0) is 21.1. The minimum absolute atomic E-state index is 0.0734. The zero-order valence-corrected chi connectivity index (χ0v) is 17.4. The molecule has 7 rings (SSSR count). The number of fused-ring (bicyclic) bond motifs is 1. The predicted molar refractivity (Wildman–Crippen MR) is 115 cm³/mol. The number of esters is 1. The van der Waals surface area contributed by atoms with Gasteiger partial charge in [-0.3, -0.25) is 9.59 Å². The molecule has 0 radical (unpaired) electrons. The number of rotatable bonds is 4. The fourth-order valence-corrected chi connectivity index (χ4v) is 7.01. The van der Waals surface area contributed by atoms with Crippen LogP contribution >= 0.6 is 0 Å². The third kappa shape index (κ3) is 2.92. The van der Waals surface area contributed by atoms with E-state index >= 15 is 0 Å². The third-order valence-electron chi connectivity index (χ3n) is 7.83. The molecule has 4 bridgehead atoms. The van der Waals surface area contributed by atoms with E-state index in [-0.39, 0.29) is 23.7 Å². The third-order valence-corrected chi connectivity index (χ3v) is 7.83. The first-order valence-corrected chi connectivity index (χ1v) is 11.1. The maximum atomic E-state index is 13.4. The highest BCUT2D eigenvalue weighted by Crippen LogP contribution is 2.66. The van der Waals surface area contributed by atoms with Gasteiger partial charge in [0.2, 0.25) is 0 Å². The van der Waals surface area contributed by atoms with E-state index in [0.717, 1.165) is 36.8 Å². The van der Waals surface area contributed by atoms with Gasteiger partial charge in [0, 0.05) is 0 Å². The molecular formula is C25H25N3O3. The highest BCUT2D eigenvalue weighted by atomic mass is 16.5. The Morgan fingerprint density at radius 3 is 2.48 bits per heavy atom. The van der Waals surface area contributed by atoms with Crippen LogP contribution in [0.25, 0.3) is 10.9 Å². The molecule has 0 spiro atoms. The van der Waals surface area contributed by atoms with Crippen LogP contribution in [-0.2, 0) is 21.7 Å². The van der Waals surface area contributed by atoms with Crippen LogP contribution in [-0.4, -0.2) is 21.0 Å². The smallest absolute Gasteiger partial charge is 0.313 e. The Morgan fingerprint density at radius 2 is 1.71 bits per heavy atom. The molecule has 3 aromatic rings. The molecule has 4 fully saturated rings. The second kappa shape index (κ2) is 6.74. The van der Waals surface area contributed by atoms with Crippen molar-refractivity contribution in [3.8, 4) is 0 Å². The normalized spacial score (nSPS) is 31.1. The Morgan fingerprint density at radius 1 is 1.00 bits per heavy atom. The number of benzene rings is 2. The summed E-state index contributed by atoms with van der Waals surface area (Å²) in [4.78, 5) is 26.1. The fourth-order valence-electron chi connectivity index (χ4n) is 7.01. The second-order valence-corrected chi connectivity index (χ2v) is 9.86. The van der Waals surface area contributed by atoms with Gasteiger partial charge in [-0.2, -0.15) is 4.68 Å². The van der Waals surface area contributed by atoms with E-state index in [1.165, 1.54) is 12.0 Å². The Balaban J connectivity index is 1.27. The number of hydrogen-bond donors (Lipinski definition) is 0. The van der Waals surface area contributed by atoms with Gasteiger partial charge in [0.1, 0.15) is 5.52 Å². The number of ether oxygens (including phenoxy) is 1. The predicted octanol–water partition coefficient (Wildman–Crippen LogP) is 3.83. The molecule has 1 aromatic heterocycles. The molecule has 4 saturated carbocycles. The number of aromatic nitrogens is 3. The molecular weight excluding hydrogens is 390 g/mol. The summed E-state index contributed by atoms with van der Waals surface area (Å²) in [5.74, 6) is 0.957. The quantitative estimate of drug-likeness (QED) is 0.606. The van der Waals surface area contributed by atoms with E-state index in [1.807, 2.05) is 6.07 Å². The number of nitrogens with zero attached hydrogens (tertiary/aromatic N) is 3. The molecule has 0 amide bonds. The lowest BCUT2D eigenvalue weighted by Gasteiger charge is -2.61. The first-order valence-electron chi connectivity index (χ1n) is 11.1. The van der Waals surface area contributed by atoms with Gasteiger partial charge in [-0.05, 0) is 73.5 Å². The Kier molecular flexibility index (Phi) is 4.07. The molecule has 6 heteroatoms. The lowest BCUT2D eigenvalue weighted by Crippen LogP contribution is -2.57. The Labute approximate surface area is 180 Å². The Bertz CT molecular complexity index is 1210. The van der Waals surface area contributed by atoms with Crippen LogP contribution in [0, 0.1) is 17.3 Å². The van der Waals surface area contributed by atoms with Crippen molar-refractivity contribution in [3.05, 3.63) is 70.5 Å². The van der Waals surface area contributed by atoms with Crippen LogP contribution in [0.1, 0.15) is 44.1 Å². The molecule has 2 aromatic carbocycles. The molecule has 0 N–H and O–H groups in total. The van der Waals surface area contributed by atoms with Crippen LogP contribution in [0.3, 0.4) is 0 Å². The maximum absolute atomic E-state index is 13.4. The summed E-state index contributed by atoms with van der Waals surface area (Å²) in [7, 11) is 0. The van der Waals surface area contributed by atoms with Crippen LogP contribution in [0.15, 0.2) is 59.4 Å². The molecule has 31 heavy (non-hydrogen) atoms. The second-order valence-electron chi connectivity index (χ2n) is 9.86. The van der Waals surface area contributed by atoms with Crippen molar-refractivity contribution in [3.63, 3.8) is 0 Å². The summed E-state index contributed by atoms with van der Waals surface area (Å²) in [6.45, 7) is -0.190. The van der Waals surface area contributed by atoms with Crippen molar-refractivity contribution in [2.75, 3.05) is 0 Å². The molecule has 0 saturated heterocycles. The minimum Gasteiger partial charge on any atom is -0.442 e. The maximum Gasteiger partial charge on any atom is 0.313 e.